The van der Waals surface area contributed by atoms with Crippen LogP contribution >= 0.6 is 0 Å². The van der Waals surface area contributed by atoms with Crippen LogP contribution in [0.15, 0.2) is 57.9 Å². The maximum absolute atomic E-state index is 11.7. The molecule has 3 aromatic rings. The summed E-state index contributed by atoms with van der Waals surface area (Å²) < 4.78 is 11.1. The number of aryl methyl sites for hydroxylation is 1. The average Bonchev–Trinajstić information content (AvgIpc) is 2.55. The molecule has 1 amide bonds. The second kappa shape index (κ2) is 5.96. The number of carbonyl (C=O) groups excluding carboxylic acids is 1. The third-order valence-electron chi connectivity index (χ3n) is 3.49. The topological polar surface area (TPSA) is 77.8 Å². The first-order chi connectivity index (χ1) is 11.1. The number of hydrogen-bond donors (Lipinski definition) is 1. The normalized spacial score (nSPS) is 11.7. The molecule has 0 saturated heterocycles. The highest BCUT2D eigenvalue weighted by Crippen LogP contribution is 2.24. The van der Waals surface area contributed by atoms with E-state index in [1.165, 1.54) is 0 Å². The molecule has 0 radical (unpaired) electrons. The van der Waals surface area contributed by atoms with Crippen LogP contribution in [-0.2, 0) is 0 Å². The van der Waals surface area contributed by atoms with Gasteiger partial charge >= 0.3 is 0 Å². The minimum Gasteiger partial charge on any atom is -0.493 e. The second-order valence-corrected chi connectivity index (χ2v) is 5.16. The van der Waals surface area contributed by atoms with Crippen molar-refractivity contribution in [2.24, 2.45) is 10.7 Å². The number of ether oxygens (including phenoxy) is 1. The monoisotopic (exact) mass is 308 g/mol. The number of nitrogens with two attached hydrogens (primary N) is 1. The van der Waals surface area contributed by atoms with E-state index in [0.29, 0.717) is 17.0 Å². The zero-order chi connectivity index (χ0) is 16.4. The van der Waals surface area contributed by atoms with Crippen LogP contribution in [0.4, 0.5) is 5.69 Å². The van der Waals surface area contributed by atoms with E-state index in [1.807, 2.05) is 43.3 Å². The third-order valence-corrected chi connectivity index (χ3v) is 3.49. The number of fused-ring (bicyclic) bond motifs is 1. The van der Waals surface area contributed by atoms with Gasteiger partial charge in [0.15, 0.2) is 11.3 Å². The Morgan fingerprint density at radius 1 is 1.17 bits per heavy atom. The van der Waals surface area contributed by atoms with Crippen LogP contribution in [0, 0.1) is 6.92 Å². The van der Waals surface area contributed by atoms with Crippen molar-refractivity contribution in [1.82, 2.24) is 0 Å². The Bertz CT molecular complexity index is 941. The number of rotatable bonds is 3. The molecule has 0 aliphatic rings. The van der Waals surface area contributed by atoms with Crippen LogP contribution in [0.1, 0.15) is 15.9 Å². The zero-order valence-corrected chi connectivity index (χ0v) is 12.9. The number of amides is 1. The van der Waals surface area contributed by atoms with Gasteiger partial charge in [-0.05, 0) is 31.2 Å². The van der Waals surface area contributed by atoms with Crippen LogP contribution < -0.4 is 16.0 Å². The molecule has 3 rings (SSSR count). The van der Waals surface area contributed by atoms with Gasteiger partial charge in [-0.2, -0.15) is 0 Å². The number of primary amides is 1. The van der Waals surface area contributed by atoms with Gasteiger partial charge in [-0.25, -0.2) is 4.99 Å². The van der Waals surface area contributed by atoms with Gasteiger partial charge in [0.2, 0.25) is 5.55 Å². The Morgan fingerprint density at radius 3 is 2.57 bits per heavy atom. The summed E-state index contributed by atoms with van der Waals surface area (Å²) in [5.41, 5.74) is 8.17. The summed E-state index contributed by atoms with van der Waals surface area (Å²) in [7, 11) is 1.56. The molecule has 0 saturated carbocycles. The predicted octanol–water partition coefficient (Wildman–Crippen LogP) is 3.08. The Morgan fingerprint density at radius 2 is 1.91 bits per heavy atom. The number of nitrogens with zero attached hydrogens (tertiary/aromatic N) is 1. The number of para-hydroxylation sites is 1. The van der Waals surface area contributed by atoms with Crippen molar-refractivity contribution in [3.05, 3.63) is 65.2 Å². The summed E-state index contributed by atoms with van der Waals surface area (Å²) in [5.74, 6) is -0.0248. The molecular formula is C18H16N2O3. The van der Waals surface area contributed by atoms with Crippen molar-refractivity contribution in [3.63, 3.8) is 0 Å². The van der Waals surface area contributed by atoms with E-state index in [-0.39, 0.29) is 11.1 Å². The van der Waals surface area contributed by atoms with Crippen LogP contribution in [0.2, 0.25) is 0 Å². The summed E-state index contributed by atoms with van der Waals surface area (Å²) >= 11 is 0. The number of methoxy groups -OCH3 is 1. The summed E-state index contributed by atoms with van der Waals surface area (Å²) in [4.78, 5) is 16.1. The molecule has 23 heavy (non-hydrogen) atoms. The van der Waals surface area contributed by atoms with Crippen molar-refractivity contribution < 1.29 is 13.9 Å². The van der Waals surface area contributed by atoms with Crippen LogP contribution in [0.5, 0.6) is 5.75 Å². The molecule has 5 heteroatoms. The fourth-order valence-electron chi connectivity index (χ4n) is 2.28. The van der Waals surface area contributed by atoms with Crippen LogP contribution in [0.3, 0.4) is 0 Å². The summed E-state index contributed by atoms with van der Waals surface area (Å²) in [6.45, 7) is 1.99. The van der Waals surface area contributed by atoms with E-state index in [0.717, 1.165) is 10.9 Å². The molecule has 116 valence electrons. The number of hydrogen-bond acceptors (Lipinski definition) is 4. The lowest BCUT2D eigenvalue weighted by atomic mass is 10.1. The maximum Gasteiger partial charge on any atom is 0.254 e. The lowest BCUT2D eigenvalue weighted by Crippen LogP contribution is -2.21. The van der Waals surface area contributed by atoms with Gasteiger partial charge in [0, 0.05) is 5.39 Å². The molecule has 1 aromatic heterocycles. The molecule has 0 unspecified atom stereocenters. The maximum atomic E-state index is 11.7. The van der Waals surface area contributed by atoms with Gasteiger partial charge in [-0.3, -0.25) is 4.79 Å². The van der Waals surface area contributed by atoms with Gasteiger partial charge < -0.3 is 14.9 Å². The Hall–Kier alpha value is -3.08. The summed E-state index contributed by atoms with van der Waals surface area (Å²) in [6.07, 6.45) is 0. The molecule has 0 atom stereocenters. The SMILES string of the molecule is COc1cccc2cc(C(N)=O)c(=Nc3ccc(C)cc3)oc12. The van der Waals surface area contributed by atoms with Crippen molar-refractivity contribution >= 4 is 22.6 Å². The van der Waals surface area contributed by atoms with Crippen molar-refractivity contribution in [3.8, 4) is 5.75 Å². The first-order valence-corrected chi connectivity index (χ1v) is 7.10. The quantitative estimate of drug-likeness (QED) is 0.807. The molecule has 0 spiro atoms. The molecule has 0 bridgehead atoms. The standard InChI is InChI=1S/C18H16N2O3/c1-11-6-8-13(9-7-11)20-18-14(17(19)21)10-12-4-3-5-15(22-2)16(12)23-18/h3-10H,1-2H3,(H2,19,21). The van der Waals surface area contributed by atoms with Crippen molar-refractivity contribution in [2.45, 2.75) is 6.92 Å². The smallest absolute Gasteiger partial charge is 0.254 e. The van der Waals surface area contributed by atoms with E-state index in [9.17, 15) is 4.79 Å². The lowest BCUT2D eigenvalue weighted by molar-refractivity contribution is 0.0996. The van der Waals surface area contributed by atoms with Crippen LogP contribution in [0.25, 0.3) is 11.0 Å². The fraction of sp³-hybridized carbons (Fsp3) is 0.111. The molecule has 1 heterocycles. The van der Waals surface area contributed by atoms with Crippen molar-refractivity contribution in [1.29, 1.82) is 0 Å². The minimum absolute atomic E-state index is 0.165. The molecular weight excluding hydrogens is 292 g/mol. The Balaban J connectivity index is 2.30. The first-order valence-electron chi connectivity index (χ1n) is 7.10. The lowest BCUT2D eigenvalue weighted by Gasteiger charge is -2.06. The molecule has 2 aromatic carbocycles. The van der Waals surface area contributed by atoms with Gasteiger partial charge in [0.1, 0.15) is 5.56 Å². The van der Waals surface area contributed by atoms with E-state index < -0.39 is 5.91 Å². The molecule has 0 aliphatic heterocycles. The Labute approximate surface area is 133 Å². The third kappa shape index (κ3) is 2.94. The highest BCUT2D eigenvalue weighted by molar-refractivity contribution is 5.96. The highest BCUT2D eigenvalue weighted by Gasteiger charge is 2.12. The second-order valence-electron chi connectivity index (χ2n) is 5.16. The van der Waals surface area contributed by atoms with Gasteiger partial charge in [0.25, 0.3) is 5.91 Å². The largest absolute Gasteiger partial charge is 0.493 e. The zero-order valence-electron chi connectivity index (χ0n) is 12.9. The molecule has 0 fully saturated rings. The van der Waals surface area contributed by atoms with E-state index in [4.69, 9.17) is 14.9 Å². The number of benzene rings is 2. The summed E-state index contributed by atoms with van der Waals surface area (Å²) in [6, 6.07) is 14.7. The fourth-order valence-corrected chi connectivity index (χ4v) is 2.28. The molecule has 2 N–H and O–H groups in total. The van der Waals surface area contributed by atoms with E-state index in [2.05, 4.69) is 4.99 Å². The number of carbonyl (C=O) groups is 1. The van der Waals surface area contributed by atoms with Crippen LogP contribution in [-0.4, -0.2) is 13.0 Å². The molecule has 5 nitrogen and oxygen atoms in total. The van der Waals surface area contributed by atoms with E-state index in [1.54, 1.807) is 19.2 Å². The minimum atomic E-state index is -0.593. The Kier molecular flexibility index (Phi) is 3.85. The van der Waals surface area contributed by atoms with Crippen molar-refractivity contribution in [2.75, 3.05) is 7.11 Å². The van der Waals surface area contributed by atoms with Gasteiger partial charge in [0.05, 0.1) is 12.8 Å². The van der Waals surface area contributed by atoms with Gasteiger partial charge in [-0.15, -0.1) is 0 Å². The van der Waals surface area contributed by atoms with E-state index >= 15 is 0 Å². The highest BCUT2D eigenvalue weighted by atomic mass is 16.5. The van der Waals surface area contributed by atoms with Gasteiger partial charge in [-0.1, -0.05) is 29.8 Å². The summed E-state index contributed by atoms with van der Waals surface area (Å²) in [5, 5.41) is 0.723. The molecule has 0 aliphatic carbocycles. The predicted molar refractivity (Wildman–Crippen MR) is 87.7 cm³/mol. The first kappa shape index (κ1) is 14.8. The average molecular weight is 308 g/mol.